The first-order valence-corrected chi connectivity index (χ1v) is 9.72. The molecule has 0 atom stereocenters. The topological polar surface area (TPSA) is 90.9 Å². The Labute approximate surface area is 166 Å². The molecule has 28 heavy (non-hydrogen) atoms. The predicted molar refractivity (Wildman–Crippen MR) is 112 cm³/mol. The van der Waals surface area contributed by atoms with E-state index in [1.807, 2.05) is 49.4 Å². The Morgan fingerprint density at radius 1 is 1.11 bits per heavy atom. The van der Waals surface area contributed by atoms with Crippen LogP contribution in [0.5, 0.6) is 5.75 Å². The van der Waals surface area contributed by atoms with Crippen molar-refractivity contribution in [1.82, 2.24) is 15.2 Å². The van der Waals surface area contributed by atoms with Crippen molar-refractivity contribution in [2.75, 3.05) is 11.1 Å². The van der Waals surface area contributed by atoms with Crippen molar-refractivity contribution in [1.29, 1.82) is 0 Å². The Balaban J connectivity index is 1.45. The molecular formula is C21H18N4O2S. The highest BCUT2D eigenvalue weighted by Crippen LogP contribution is 2.28. The zero-order chi connectivity index (χ0) is 19.5. The Kier molecular flexibility index (Phi) is 4.99. The van der Waals surface area contributed by atoms with E-state index in [4.69, 9.17) is 0 Å². The van der Waals surface area contributed by atoms with Gasteiger partial charge in [0.1, 0.15) is 5.75 Å². The number of hydrogen-bond acceptors (Lipinski definition) is 5. The molecule has 6 nitrogen and oxygen atoms in total. The van der Waals surface area contributed by atoms with Crippen LogP contribution in [-0.4, -0.2) is 31.9 Å². The van der Waals surface area contributed by atoms with Crippen molar-refractivity contribution < 1.29 is 9.90 Å². The number of phenols is 1. The molecule has 0 aliphatic carbocycles. The number of hydrogen-bond donors (Lipinski definition) is 3. The lowest BCUT2D eigenvalue weighted by Crippen LogP contribution is -2.15. The fourth-order valence-electron chi connectivity index (χ4n) is 2.96. The molecule has 1 amide bonds. The van der Waals surface area contributed by atoms with Gasteiger partial charge in [-0.1, -0.05) is 60.3 Å². The first-order valence-electron chi connectivity index (χ1n) is 8.73. The van der Waals surface area contributed by atoms with Crippen molar-refractivity contribution in [2.24, 2.45) is 0 Å². The van der Waals surface area contributed by atoms with Gasteiger partial charge in [0.05, 0.1) is 17.0 Å². The maximum absolute atomic E-state index is 12.5. The van der Waals surface area contributed by atoms with Gasteiger partial charge in [0.15, 0.2) is 5.82 Å². The molecule has 0 spiro atoms. The molecule has 0 aliphatic heterocycles. The second-order valence-corrected chi connectivity index (χ2v) is 7.24. The highest BCUT2D eigenvalue weighted by molar-refractivity contribution is 7.99. The van der Waals surface area contributed by atoms with Gasteiger partial charge < -0.3 is 10.4 Å². The summed E-state index contributed by atoms with van der Waals surface area (Å²) in [5, 5.41) is 22.4. The van der Waals surface area contributed by atoms with Gasteiger partial charge in [0, 0.05) is 5.39 Å². The molecule has 0 bridgehead atoms. The fraction of sp³-hybridized carbons (Fsp3) is 0.0952. The largest absolute Gasteiger partial charge is 0.507 e. The molecule has 1 aromatic heterocycles. The van der Waals surface area contributed by atoms with Gasteiger partial charge in [-0.3, -0.25) is 9.89 Å². The zero-order valence-electron chi connectivity index (χ0n) is 15.1. The number of benzene rings is 3. The summed E-state index contributed by atoms with van der Waals surface area (Å²) in [5.74, 6) is 0.643. The van der Waals surface area contributed by atoms with Crippen molar-refractivity contribution in [3.63, 3.8) is 0 Å². The van der Waals surface area contributed by atoms with Crippen LogP contribution in [0.2, 0.25) is 0 Å². The van der Waals surface area contributed by atoms with Crippen molar-refractivity contribution in [3.05, 3.63) is 66.2 Å². The van der Waals surface area contributed by atoms with Crippen molar-refractivity contribution in [2.45, 2.75) is 12.1 Å². The van der Waals surface area contributed by atoms with Gasteiger partial charge >= 0.3 is 0 Å². The minimum Gasteiger partial charge on any atom is -0.507 e. The first kappa shape index (κ1) is 18.1. The van der Waals surface area contributed by atoms with Crippen LogP contribution in [0.25, 0.3) is 22.2 Å². The molecule has 0 aliphatic rings. The number of aryl methyl sites for hydroxylation is 1. The normalized spacial score (nSPS) is 10.9. The summed E-state index contributed by atoms with van der Waals surface area (Å²) in [5.41, 5.74) is 2.41. The Morgan fingerprint density at radius 3 is 2.75 bits per heavy atom. The number of H-pyrrole nitrogens is 1. The van der Waals surface area contributed by atoms with Crippen molar-refractivity contribution in [3.8, 4) is 17.1 Å². The predicted octanol–water partition coefficient (Wildman–Crippen LogP) is 4.37. The van der Waals surface area contributed by atoms with Crippen LogP contribution >= 0.6 is 11.8 Å². The lowest BCUT2D eigenvalue weighted by Gasteiger charge is -2.11. The molecule has 1 heterocycles. The summed E-state index contributed by atoms with van der Waals surface area (Å²) in [4.78, 5) is 16.8. The van der Waals surface area contributed by atoms with Gasteiger partial charge in [-0.25, -0.2) is 4.98 Å². The molecule has 3 aromatic carbocycles. The number of rotatable bonds is 5. The van der Waals surface area contributed by atoms with Gasteiger partial charge in [0.2, 0.25) is 11.1 Å². The highest BCUT2D eigenvalue weighted by atomic mass is 32.2. The number of aromatic nitrogens is 3. The number of nitrogens with one attached hydrogen (secondary N) is 2. The van der Waals surface area contributed by atoms with Crippen LogP contribution in [0, 0.1) is 6.92 Å². The molecule has 3 N–H and O–H groups in total. The lowest BCUT2D eigenvalue weighted by atomic mass is 10.0. The first-order chi connectivity index (χ1) is 13.6. The van der Waals surface area contributed by atoms with E-state index in [-0.39, 0.29) is 17.4 Å². The highest BCUT2D eigenvalue weighted by Gasteiger charge is 2.13. The summed E-state index contributed by atoms with van der Waals surface area (Å²) in [6.45, 7) is 1.98. The average molecular weight is 390 g/mol. The molecule has 4 rings (SSSR count). The van der Waals surface area contributed by atoms with Crippen LogP contribution in [0.3, 0.4) is 0 Å². The van der Waals surface area contributed by atoms with Crippen LogP contribution < -0.4 is 5.32 Å². The smallest absolute Gasteiger partial charge is 0.234 e. The number of para-hydroxylation sites is 1. The molecule has 0 saturated heterocycles. The van der Waals surface area contributed by atoms with Gasteiger partial charge in [-0.2, -0.15) is 0 Å². The van der Waals surface area contributed by atoms with E-state index in [1.54, 1.807) is 18.2 Å². The number of fused-ring (bicyclic) bond motifs is 1. The van der Waals surface area contributed by atoms with E-state index in [9.17, 15) is 9.90 Å². The number of carbonyl (C=O) groups excluding carboxylic acids is 1. The van der Waals surface area contributed by atoms with Gasteiger partial charge in [-0.05, 0) is 30.0 Å². The monoisotopic (exact) mass is 390 g/mol. The Morgan fingerprint density at radius 2 is 1.89 bits per heavy atom. The SMILES string of the molecule is Cc1ccc2ccccc2c1NC(=O)CSc1n[nH]c(-c2ccccc2O)n1. The summed E-state index contributed by atoms with van der Waals surface area (Å²) in [6, 6.07) is 18.9. The number of nitrogens with zero attached hydrogens (tertiary/aromatic N) is 2. The Bertz CT molecular complexity index is 1160. The maximum Gasteiger partial charge on any atom is 0.234 e. The number of anilines is 1. The molecular weight excluding hydrogens is 372 g/mol. The van der Waals surface area contributed by atoms with E-state index in [2.05, 4.69) is 20.5 Å². The molecule has 7 heteroatoms. The summed E-state index contributed by atoms with van der Waals surface area (Å²) in [6.07, 6.45) is 0. The molecule has 0 saturated carbocycles. The van der Waals surface area contributed by atoms with Crippen molar-refractivity contribution >= 4 is 34.1 Å². The van der Waals surface area contributed by atoms with E-state index >= 15 is 0 Å². The van der Waals surface area contributed by atoms with E-state index in [1.165, 1.54) is 11.8 Å². The summed E-state index contributed by atoms with van der Waals surface area (Å²) in [7, 11) is 0. The summed E-state index contributed by atoms with van der Waals surface area (Å²) >= 11 is 1.23. The average Bonchev–Trinajstić information content (AvgIpc) is 3.18. The van der Waals surface area contributed by atoms with Crippen LogP contribution in [-0.2, 0) is 4.79 Å². The second-order valence-electron chi connectivity index (χ2n) is 6.30. The molecule has 0 unspecified atom stereocenters. The van der Waals surface area contributed by atoms with Crippen LogP contribution in [0.1, 0.15) is 5.56 Å². The minimum absolute atomic E-state index is 0.124. The minimum atomic E-state index is -0.127. The fourth-order valence-corrected chi connectivity index (χ4v) is 3.56. The van der Waals surface area contributed by atoms with E-state index in [0.29, 0.717) is 16.5 Å². The van der Waals surface area contributed by atoms with Crippen LogP contribution in [0.15, 0.2) is 65.8 Å². The maximum atomic E-state index is 12.5. The molecule has 0 fully saturated rings. The number of phenolic OH excluding ortho intramolecular Hbond substituents is 1. The number of amides is 1. The molecule has 140 valence electrons. The zero-order valence-corrected chi connectivity index (χ0v) is 16.0. The third-order valence-corrected chi connectivity index (χ3v) is 5.21. The third-order valence-electron chi connectivity index (χ3n) is 4.36. The third kappa shape index (κ3) is 3.70. The number of thioether (sulfide) groups is 1. The molecule has 4 aromatic rings. The quantitative estimate of drug-likeness (QED) is 0.440. The molecule has 0 radical (unpaired) electrons. The number of aromatic hydroxyl groups is 1. The number of carbonyl (C=O) groups is 1. The van der Waals surface area contributed by atoms with Crippen LogP contribution in [0.4, 0.5) is 5.69 Å². The lowest BCUT2D eigenvalue weighted by molar-refractivity contribution is -0.113. The summed E-state index contributed by atoms with van der Waals surface area (Å²) < 4.78 is 0. The van der Waals surface area contributed by atoms with Gasteiger partial charge in [-0.15, -0.1) is 5.10 Å². The Hall–Kier alpha value is -3.32. The standard InChI is InChI=1S/C21H18N4O2S/c1-13-10-11-14-6-2-3-7-15(14)19(13)22-18(27)12-28-21-23-20(24-25-21)16-8-4-5-9-17(16)26/h2-11,26H,12H2,1H3,(H,22,27)(H,23,24,25). The van der Waals surface area contributed by atoms with Gasteiger partial charge in [0.25, 0.3) is 0 Å². The van der Waals surface area contributed by atoms with E-state index in [0.717, 1.165) is 22.0 Å². The second kappa shape index (κ2) is 7.74. The number of aromatic amines is 1. The van der Waals surface area contributed by atoms with E-state index < -0.39 is 0 Å².